The van der Waals surface area contributed by atoms with E-state index in [-0.39, 0.29) is 5.91 Å². The van der Waals surface area contributed by atoms with E-state index in [4.69, 9.17) is 4.74 Å². The molecule has 0 aromatic heterocycles. The summed E-state index contributed by atoms with van der Waals surface area (Å²) in [6.07, 6.45) is 2.68. The van der Waals surface area contributed by atoms with Gasteiger partial charge in [-0.05, 0) is 29.7 Å². The molecule has 0 aliphatic heterocycles. The van der Waals surface area contributed by atoms with E-state index in [0.29, 0.717) is 12.1 Å². The van der Waals surface area contributed by atoms with Crippen molar-refractivity contribution < 1.29 is 9.53 Å². The van der Waals surface area contributed by atoms with Crippen LogP contribution in [0.5, 0.6) is 5.75 Å². The van der Waals surface area contributed by atoms with Crippen molar-refractivity contribution in [2.24, 2.45) is 0 Å². The molecule has 0 unspecified atom stereocenters. The minimum absolute atomic E-state index is 0.0944. The lowest BCUT2D eigenvalue weighted by Crippen LogP contribution is -2.26. The van der Waals surface area contributed by atoms with Crippen molar-refractivity contribution in [2.45, 2.75) is 6.42 Å². The van der Waals surface area contributed by atoms with Crippen LogP contribution < -0.4 is 10.1 Å². The van der Waals surface area contributed by atoms with Crippen LogP contribution in [0.25, 0.3) is 11.6 Å². The van der Waals surface area contributed by atoms with Crippen LogP contribution in [0.3, 0.4) is 0 Å². The predicted octanol–water partition coefficient (Wildman–Crippen LogP) is 4.59. The fraction of sp³-hybridized carbons (Fsp3) is 0.125. The molecule has 3 nitrogen and oxygen atoms in total. The second-order valence-corrected chi connectivity index (χ2v) is 6.16. The van der Waals surface area contributed by atoms with Crippen LogP contribution in [0.2, 0.25) is 0 Å². The van der Waals surface area contributed by atoms with E-state index < -0.39 is 0 Å². The maximum absolute atomic E-state index is 12.9. The Morgan fingerprint density at radius 2 is 1.52 bits per heavy atom. The summed E-state index contributed by atoms with van der Waals surface area (Å²) in [4.78, 5) is 12.9. The molecule has 0 atom stereocenters. The van der Waals surface area contributed by atoms with Crippen LogP contribution >= 0.6 is 0 Å². The van der Waals surface area contributed by atoms with E-state index in [2.05, 4.69) is 17.4 Å². The normalized spacial score (nSPS) is 11.1. The highest BCUT2D eigenvalue weighted by Gasteiger charge is 2.13. The van der Waals surface area contributed by atoms with E-state index >= 15 is 0 Å². The summed E-state index contributed by atoms with van der Waals surface area (Å²) in [5, 5.41) is 3.04. The van der Waals surface area contributed by atoms with Crippen molar-refractivity contribution in [2.75, 3.05) is 13.7 Å². The van der Waals surface area contributed by atoms with Gasteiger partial charge in [0.25, 0.3) is 5.91 Å². The van der Waals surface area contributed by atoms with Crippen molar-refractivity contribution in [3.8, 4) is 5.75 Å². The zero-order valence-corrected chi connectivity index (χ0v) is 15.4. The van der Waals surface area contributed by atoms with Crippen molar-refractivity contribution in [3.05, 3.63) is 102 Å². The largest absolute Gasteiger partial charge is 0.496 e. The molecule has 0 saturated heterocycles. The summed E-state index contributed by atoms with van der Waals surface area (Å²) in [5.41, 5.74) is 3.57. The van der Waals surface area contributed by atoms with Crippen LogP contribution in [-0.2, 0) is 11.2 Å². The molecular formula is C24H23NO2. The van der Waals surface area contributed by atoms with E-state index in [0.717, 1.165) is 23.3 Å². The number of benzene rings is 3. The molecule has 0 spiro atoms. The molecule has 3 aromatic carbocycles. The number of carbonyl (C=O) groups excluding carboxylic acids is 1. The summed E-state index contributed by atoms with van der Waals surface area (Å²) in [7, 11) is 1.63. The van der Waals surface area contributed by atoms with Crippen LogP contribution in [0.4, 0.5) is 0 Å². The van der Waals surface area contributed by atoms with Gasteiger partial charge in [-0.2, -0.15) is 0 Å². The quantitative estimate of drug-likeness (QED) is 0.496. The molecule has 0 bridgehead atoms. The zero-order valence-electron chi connectivity index (χ0n) is 15.4. The van der Waals surface area contributed by atoms with Crippen molar-refractivity contribution in [3.63, 3.8) is 0 Å². The topological polar surface area (TPSA) is 38.3 Å². The lowest BCUT2D eigenvalue weighted by Gasteiger charge is -2.11. The van der Waals surface area contributed by atoms with E-state index in [1.165, 1.54) is 5.56 Å². The molecule has 27 heavy (non-hydrogen) atoms. The summed E-state index contributed by atoms with van der Waals surface area (Å²) in [5.74, 6) is 0.644. The SMILES string of the molecule is COc1ccccc1C=C(C(=O)NCCc1ccccc1)c1ccccc1. The number of hydrogen-bond acceptors (Lipinski definition) is 2. The average Bonchev–Trinajstić information content (AvgIpc) is 2.73. The number of hydrogen-bond donors (Lipinski definition) is 1. The zero-order chi connectivity index (χ0) is 18.9. The van der Waals surface area contributed by atoms with Gasteiger partial charge in [-0.1, -0.05) is 78.9 Å². The first-order valence-corrected chi connectivity index (χ1v) is 9.00. The standard InChI is InChI=1S/C24H23NO2/c1-27-23-15-9-8-14-21(23)18-22(20-12-6-3-7-13-20)24(26)25-17-16-19-10-4-2-5-11-19/h2-15,18H,16-17H2,1H3,(H,25,26). The summed E-state index contributed by atoms with van der Waals surface area (Å²) >= 11 is 0. The molecule has 136 valence electrons. The Hall–Kier alpha value is -3.33. The molecular weight excluding hydrogens is 334 g/mol. The molecule has 3 rings (SSSR count). The van der Waals surface area contributed by atoms with Gasteiger partial charge >= 0.3 is 0 Å². The predicted molar refractivity (Wildman–Crippen MR) is 110 cm³/mol. The van der Waals surface area contributed by atoms with Crippen LogP contribution in [0.1, 0.15) is 16.7 Å². The Morgan fingerprint density at radius 1 is 0.889 bits per heavy atom. The summed E-state index contributed by atoms with van der Waals surface area (Å²) in [6.45, 7) is 0.582. The average molecular weight is 357 g/mol. The van der Waals surface area contributed by atoms with Gasteiger partial charge in [-0.3, -0.25) is 4.79 Å². The third-order valence-electron chi connectivity index (χ3n) is 4.31. The van der Waals surface area contributed by atoms with Crippen LogP contribution in [0, 0.1) is 0 Å². The number of rotatable bonds is 7. The third kappa shape index (κ3) is 5.08. The maximum Gasteiger partial charge on any atom is 0.251 e. The van der Waals surface area contributed by atoms with E-state index in [1.54, 1.807) is 7.11 Å². The molecule has 0 radical (unpaired) electrons. The second-order valence-electron chi connectivity index (χ2n) is 6.16. The number of carbonyl (C=O) groups is 1. The van der Waals surface area contributed by atoms with Crippen molar-refractivity contribution in [1.29, 1.82) is 0 Å². The Morgan fingerprint density at radius 3 is 2.22 bits per heavy atom. The molecule has 0 aliphatic carbocycles. The lowest BCUT2D eigenvalue weighted by atomic mass is 10.0. The van der Waals surface area contributed by atoms with Gasteiger partial charge in [-0.15, -0.1) is 0 Å². The minimum atomic E-state index is -0.0944. The smallest absolute Gasteiger partial charge is 0.251 e. The Balaban J connectivity index is 1.82. The van der Waals surface area contributed by atoms with Gasteiger partial charge in [0, 0.05) is 17.7 Å². The summed E-state index contributed by atoms with van der Waals surface area (Å²) < 4.78 is 5.42. The van der Waals surface area contributed by atoms with E-state index in [1.807, 2.05) is 78.9 Å². The number of amides is 1. The number of methoxy groups -OCH3 is 1. The van der Waals surface area contributed by atoms with E-state index in [9.17, 15) is 4.79 Å². The monoisotopic (exact) mass is 357 g/mol. The molecule has 3 aromatic rings. The minimum Gasteiger partial charge on any atom is -0.496 e. The fourth-order valence-corrected chi connectivity index (χ4v) is 2.90. The van der Waals surface area contributed by atoms with Gasteiger partial charge in [-0.25, -0.2) is 0 Å². The van der Waals surface area contributed by atoms with Crippen molar-refractivity contribution >= 4 is 17.6 Å². The van der Waals surface area contributed by atoms with Gasteiger partial charge in [0.1, 0.15) is 5.75 Å². The van der Waals surface area contributed by atoms with Gasteiger partial charge in [0.2, 0.25) is 0 Å². The number of nitrogens with one attached hydrogen (secondary N) is 1. The van der Waals surface area contributed by atoms with Crippen LogP contribution in [-0.4, -0.2) is 19.6 Å². The Bertz CT molecular complexity index is 902. The van der Waals surface area contributed by atoms with Gasteiger partial charge in [0.15, 0.2) is 0 Å². The maximum atomic E-state index is 12.9. The molecule has 0 aliphatic rings. The van der Waals surface area contributed by atoms with Gasteiger partial charge < -0.3 is 10.1 Å². The number of ether oxygens (including phenoxy) is 1. The molecule has 0 heterocycles. The first-order valence-electron chi connectivity index (χ1n) is 9.00. The molecule has 3 heteroatoms. The highest BCUT2D eigenvalue weighted by atomic mass is 16.5. The molecule has 1 N–H and O–H groups in total. The first kappa shape index (κ1) is 18.5. The highest BCUT2D eigenvalue weighted by molar-refractivity contribution is 6.24. The van der Waals surface area contributed by atoms with Crippen LogP contribution in [0.15, 0.2) is 84.9 Å². The Kier molecular flexibility index (Phi) is 6.42. The Labute approximate surface area is 160 Å². The van der Waals surface area contributed by atoms with Gasteiger partial charge in [0.05, 0.1) is 7.11 Å². The molecule has 0 fully saturated rings. The molecule has 0 saturated carbocycles. The second kappa shape index (κ2) is 9.39. The molecule has 1 amide bonds. The third-order valence-corrected chi connectivity index (χ3v) is 4.31. The highest BCUT2D eigenvalue weighted by Crippen LogP contribution is 2.24. The first-order chi connectivity index (χ1) is 13.3. The number of para-hydroxylation sites is 1. The summed E-state index contributed by atoms with van der Waals surface area (Å²) in [6, 6.07) is 27.5. The van der Waals surface area contributed by atoms with Crippen molar-refractivity contribution in [1.82, 2.24) is 5.32 Å². The lowest BCUT2D eigenvalue weighted by molar-refractivity contribution is -0.115. The fourth-order valence-electron chi connectivity index (χ4n) is 2.90.